The van der Waals surface area contributed by atoms with Gasteiger partial charge in [0.25, 0.3) is 0 Å². The van der Waals surface area contributed by atoms with E-state index in [0.717, 1.165) is 36.1 Å². The van der Waals surface area contributed by atoms with Crippen LogP contribution in [0, 0.1) is 6.92 Å². The van der Waals surface area contributed by atoms with Gasteiger partial charge in [0.1, 0.15) is 12.4 Å². The summed E-state index contributed by atoms with van der Waals surface area (Å²) in [6.07, 6.45) is 1.77. The van der Waals surface area contributed by atoms with Gasteiger partial charge in [0.2, 0.25) is 0 Å². The molecule has 0 atom stereocenters. The molecule has 0 unspecified atom stereocenters. The van der Waals surface area contributed by atoms with Crippen LogP contribution in [0.2, 0.25) is 0 Å². The number of nitrogens with one attached hydrogen (secondary N) is 2. The largest absolute Gasteiger partial charge is 0.487 e. The molecule has 0 saturated heterocycles. The number of benzene rings is 2. The van der Waals surface area contributed by atoms with E-state index in [-0.39, 0.29) is 24.0 Å². The van der Waals surface area contributed by atoms with Crippen molar-refractivity contribution in [3.8, 4) is 5.75 Å². The molecule has 0 aliphatic rings. The first-order chi connectivity index (χ1) is 14.2. The molecule has 0 fully saturated rings. The average molecular weight is 516 g/mol. The van der Waals surface area contributed by atoms with E-state index in [1.807, 2.05) is 36.4 Å². The normalized spacial score (nSPS) is 10.8. The van der Waals surface area contributed by atoms with Crippen molar-refractivity contribution >= 4 is 29.9 Å². The third-order valence-corrected chi connectivity index (χ3v) is 4.36. The van der Waals surface area contributed by atoms with Crippen molar-refractivity contribution in [2.75, 3.05) is 6.54 Å². The minimum absolute atomic E-state index is 0. The summed E-state index contributed by atoms with van der Waals surface area (Å²) in [5, 5.41) is 6.68. The second kappa shape index (κ2) is 12.8. The summed E-state index contributed by atoms with van der Waals surface area (Å²) >= 11 is 0. The van der Waals surface area contributed by atoms with E-state index < -0.39 is 0 Å². The molecule has 1 aromatic heterocycles. The van der Waals surface area contributed by atoms with Gasteiger partial charge in [-0.3, -0.25) is 4.98 Å². The first-order valence-electron chi connectivity index (χ1n) is 9.92. The highest BCUT2D eigenvalue weighted by molar-refractivity contribution is 14.0. The Labute approximate surface area is 196 Å². The van der Waals surface area contributed by atoms with Crippen LogP contribution >= 0.6 is 24.0 Å². The van der Waals surface area contributed by atoms with Gasteiger partial charge in [-0.25, -0.2) is 4.99 Å². The lowest BCUT2D eigenvalue weighted by Crippen LogP contribution is -2.36. The van der Waals surface area contributed by atoms with Crippen molar-refractivity contribution in [2.24, 2.45) is 4.99 Å². The minimum atomic E-state index is 0. The van der Waals surface area contributed by atoms with Crippen LogP contribution in [-0.2, 0) is 19.7 Å². The van der Waals surface area contributed by atoms with Crippen molar-refractivity contribution in [1.82, 2.24) is 15.6 Å². The van der Waals surface area contributed by atoms with Crippen LogP contribution in [-0.4, -0.2) is 17.5 Å². The number of halogens is 1. The molecular formula is C24H29IN4O. The highest BCUT2D eigenvalue weighted by Gasteiger charge is 2.01. The SMILES string of the molecule is CCNC(=NCc1cccc(OCc2ccccn2)c1)NCc1ccc(C)cc1.I. The topological polar surface area (TPSA) is 58.5 Å². The second-order valence-electron chi connectivity index (χ2n) is 6.79. The van der Waals surface area contributed by atoms with E-state index in [9.17, 15) is 0 Å². The summed E-state index contributed by atoms with van der Waals surface area (Å²) in [6, 6.07) is 22.4. The molecule has 0 aliphatic carbocycles. The first kappa shape index (κ1) is 23.7. The Morgan fingerprint density at radius 1 is 0.967 bits per heavy atom. The third-order valence-electron chi connectivity index (χ3n) is 4.36. The highest BCUT2D eigenvalue weighted by Crippen LogP contribution is 2.15. The van der Waals surface area contributed by atoms with Crippen LogP contribution < -0.4 is 15.4 Å². The van der Waals surface area contributed by atoms with Crippen LogP contribution in [0.4, 0.5) is 0 Å². The molecule has 30 heavy (non-hydrogen) atoms. The van der Waals surface area contributed by atoms with Crippen molar-refractivity contribution in [1.29, 1.82) is 0 Å². The number of hydrogen-bond acceptors (Lipinski definition) is 3. The number of aliphatic imine (C=N–C) groups is 1. The van der Waals surface area contributed by atoms with E-state index >= 15 is 0 Å². The molecule has 6 heteroatoms. The Kier molecular flexibility index (Phi) is 10.1. The predicted octanol–water partition coefficient (Wildman–Crippen LogP) is 4.84. The number of guanidine groups is 1. The molecule has 3 aromatic rings. The van der Waals surface area contributed by atoms with Crippen LogP contribution in [0.15, 0.2) is 77.9 Å². The van der Waals surface area contributed by atoms with Crippen LogP contribution in [0.1, 0.15) is 29.3 Å². The Balaban J connectivity index is 0.00000320. The smallest absolute Gasteiger partial charge is 0.191 e. The van der Waals surface area contributed by atoms with Gasteiger partial charge in [-0.15, -0.1) is 24.0 Å². The number of aryl methyl sites for hydroxylation is 1. The van der Waals surface area contributed by atoms with Crippen molar-refractivity contribution in [2.45, 2.75) is 33.5 Å². The molecule has 0 radical (unpaired) electrons. The average Bonchev–Trinajstić information content (AvgIpc) is 2.76. The standard InChI is InChI=1S/C24H28N4O.HI/c1-3-25-24(27-16-20-12-10-19(2)11-13-20)28-17-21-7-6-9-23(15-21)29-18-22-8-4-5-14-26-22;/h4-15H,3,16-18H2,1-2H3,(H2,25,27,28);1H. The summed E-state index contributed by atoms with van der Waals surface area (Å²) in [7, 11) is 0. The van der Waals surface area contributed by atoms with Gasteiger partial charge < -0.3 is 15.4 Å². The molecule has 0 saturated carbocycles. The first-order valence-corrected chi connectivity index (χ1v) is 9.92. The fourth-order valence-corrected chi connectivity index (χ4v) is 2.78. The van der Waals surface area contributed by atoms with Crippen molar-refractivity contribution in [3.63, 3.8) is 0 Å². The lowest BCUT2D eigenvalue weighted by Gasteiger charge is -2.12. The van der Waals surface area contributed by atoms with Gasteiger partial charge in [0, 0.05) is 19.3 Å². The number of aromatic nitrogens is 1. The zero-order chi connectivity index (χ0) is 20.3. The maximum absolute atomic E-state index is 5.86. The van der Waals surface area contributed by atoms with E-state index in [1.165, 1.54) is 11.1 Å². The number of ether oxygens (including phenoxy) is 1. The molecule has 5 nitrogen and oxygen atoms in total. The number of hydrogen-bond donors (Lipinski definition) is 2. The summed E-state index contributed by atoms with van der Waals surface area (Å²) in [6.45, 7) is 6.73. The van der Waals surface area contributed by atoms with Crippen molar-refractivity contribution < 1.29 is 4.74 Å². The Morgan fingerprint density at radius 2 is 1.80 bits per heavy atom. The number of nitrogens with zero attached hydrogens (tertiary/aromatic N) is 2. The quantitative estimate of drug-likeness (QED) is 0.256. The van der Waals surface area contributed by atoms with E-state index in [2.05, 4.69) is 59.8 Å². The summed E-state index contributed by atoms with van der Waals surface area (Å²) in [4.78, 5) is 8.99. The van der Waals surface area contributed by atoms with E-state index in [0.29, 0.717) is 13.2 Å². The molecule has 2 N–H and O–H groups in total. The Hall–Kier alpha value is -2.61. The molecule has 158 valence electrons. The maximum atomic E-state index is 5.86. The van der Waals surface area contributed by atoms with Gasteiger partial charge in [0.15, 0.2) is 5.96 Å². The predicted molar refractivity (Wildman–Crippen MR) is 133 cm³/mol. The van der Waals surface area contributed by atoms with E-state index in [1.54, 1.807) is 6.20 Å². The third kappa shape index (κ3) is 8.02. The van der Waals surface area contributed by atoms with Gasteiger partial charge in [-0.1, -0.05) is 48.0 Å². The van der Waals surface area contributed by atoms with Crippen LogP contribution in [0.3, 0.4) is 0 Å². The van der Waals surface area contributed by atoms with Gasteiger partial charge in [-0.05, 0) is 49.2 Å². The lowest BCUT2D eigenvalue weighted by atomic mass is 10.1. The number of rotatable bonds is 8. The monoisotopic (exact) mass is 516 g/mol. The van der Waals surface area contributed by atoms with Gasteiger partial charge in [0.05, 0.1) is 12.2 Å². The molecule has 0 bridgehead atoms. The van der Waals surface area contributed by atoms with Crippen molar-refractivity contribution in [3.05, 3.63) is 95.3 Å². The second-order valence-corrected chi connectivity index (χ2v) is 6.79. The number of pyridine rings is 1. The maximum Gasteiger partial charge on any atom is 0.191 e. The molecule has 3 rings (SSSR count). The summed E-state index contributed by atoms with van der Waals surface area (Å²) in [5.74, 6) is 1.62. The molecule has 0 amide bonds. The lowest BCUT2D eigenvalue weighted by molar-refractivity contribution is 0.301. The van der Waals surface area contributed by atoms with Gasteiger partial charge in [-0.2, -0.15) is 0 Å². The molecular weight excluding hydrogens is 487 g/mol. The summed E-state index contributed by atoms with van der Waals surface area (Å²) < 4.78 is 5.86. The fourth-order valence-electron chi connectivity index (χ4n) is 2.78. The van der Waals surface area contributed by atoms with E-state index in [4.69, 9.17) is 9.73 Å². The molecule has 0 spiro atoms. The molecule has 2 aromatic carbocycles. The Morgan fingerprint density at radius 3 is 2.53 bits per heavy atom. The molecule has 1 heterocycles. The minimum Gasteiger partial charge on any atom is -0.487 e. The highest BCUT2D eigenvalue weighted by atomic mass is 127. The Bertz CT molecular complexity index is 914. The zero-order valence-corrected chi connectivity index (χ0v) is 19.8. The zero-order valence-electron chi connectivity index (χ0n) is 17.5. The van der Waals surface area contributed by atoms with Crippen LogP contribution in [0.25, 0.3) is 0 Å². The van der Waals surface area contributed by atoms with Gasteiger partial charge >= 0.3 is 0 Å². The van der Waals surface area contributed by atoms with Crippen LogP contribution in [0.5, 0.6) is 5.75 Å². The molecule has 0 aliphatic heterocycles. The summed E-state index contributed by atoms with van der Waals surface area (Å²) in [5.41, 5.74) is 4.49. The fraction of sp³-hybridized carbons (Fsp3) is 0.250.